The van der Waals surface area contributed by atoms with Crippen LogP contribution in [0.5, 0.6) is 0 Å². The van der Waals surface area contributed by atoms with Gasteiger partial charge in [-0.05, 0) is 37.5 Å². The van der Waals surface area contributed by atoms with E-state index in [0.29, 0.717) is 0 Å². The average Bonchev–Trinajstić information content (AvgIpc) is 1.85. The molecule has 0 spiro atoms. The largest absolute Gasteiger partial charge is 0.0853 e. The van der Waals surface area contributed by atoms with Crippen molar-refractivity contribution in [2.24, 2.45) is 17.8 Å². The van der Waals surface area contributed by atoms with E-state index >= 15 is 0 Å². The van der Waals surface area contributed by atoms with Gasteiger partial charge in [-0.2, -0.15) is 0 Å². The first kappa shape index (κ1) is 8.83. The number of allylic oxidation sites excluding steroid dienone is 2. The molecule has 1 aliphatic carbocycles. The van der Waals surface area contributed by atoms with Gasteiger partial charge >= 0.3 is 0 Å². The number of hydrogen-bond acceptors (Lipinski definition) is 0. The van der Waals surface area contributed by atoms with E-state index in [2.05, 4.69) is 33.8 Å². The van der Waals surface area contributed by atoms with Gasteiger partial charge in [0.15, 0.2) is 0 Å². The Bertz CT molecular complexity index is 153. The van der Waals surface area contributed by atoms with Crippen molar-refractivity contribution < 1.29 is 0 Å². The fourth-order valence-corrected chi connectivity index (χ4v) is 2.24. The van der Waals surface area contributed by atoms with E-state index in [0.717, 1.165) is 17.8 Å². The molecule has 64 valence electrons. The molecule has 0 aromatic rings. The summed E-state index contributed by atoms with van der Waals surface area (Å²) in [7, 11) is 0. The number of hydrogen-bond donors (Lipinski definition) is 0. The second kappa shape index (κ2) is 3.42. The molecular weight excluding hydrogens is 132 g/mol. The zero-order chi connectivity index (χ0) is 8.43. The first-order chi connectivity index (χ1) is 5.11. The quantitative estimate of drug-likeness (QED) is 0.503. The van der Waals surface area contributed by atoms with Crippen LogP contribution in [0.4, 0.5) is 0 Å². The zero-order valence-electron chi connectivity index (χ0n) is 8.22. The molecule has 1 aliphatic rings. The van der Waals surface area contributed by atoms with E-state index in [9.17, 15) is 0 Å². The second-order valence-corrected chi connectivity index (χ2v) is 4.38. The minimum Gasteiger partial charge on any atom is -0.0853 e. The Hall–Kier alpha value is -0.260. The Kier molecular flexibility index (Phi) is 2.75. The molecule has 0 aliphatic heterocycles. The lowest BCUT2D eigenvalue weighted by Crippen LogP contribution is -2.20. The van der Waals surface area contributed by atoms with Crippen LogP contribution in [-0.4, -0.2) is 0 Å². The number of rotatable bonds is 1. The van der Waals surface area contributed by atoms with Crippen molar-refractivity contribution in [3.05, 3.63) is 11.6 Å². The topological polar surface area (TPSA) is 0 Å². The van der Waals surface area contributed by atoms with Crippen molar-refractivity contribution in [1.29, 1.82) is 0 Å². The molecule has 0 amide bonds. The van der Waals surface area contributed by atoms with Crippen LogP contribution in [0.25, 0.3) is 0 Å². The molecule has 0 heterocycles. The fraction of sp³-hybridized carbons (Fsp3) is 0.818. The molecule has 0 unspecified atom stereocenters. The van der Waals surface area contributed by atoms with Gasteiger partial charge in [0.05, 0.1) is 0 Å². The van der Waals surface area contributed by atoms with Crippen molar-refractivity contribution in [1.82, 2.24) is 0 Å². The van der Waals surface area contributed by atoms with Crippen molar-refractivity contribution >= 4 is 0 Å². The molecule has 0 nitrogen and oxygen atoms in total. The van der Waals surface area contributed by atoms with Gasteiger partial charge in [0.2, 0.25) is 0 Å². The van der Waals surface area contributed by atoms with Gasteiger partial charge in [-0.25, -0.2) is 0 Å². The van der Waals surface area contributed by atoms with E-state index in [4.69, 9.17) is 0 Å². The third-order valence-electron chi connectivity index (χ3n) is 2.97. The zero-order valence-corrected chi connectivity index (χ0v) is 8.22. The van der Waals surface area contributed by atoms with Crippen LogP contribution < -0.4 is 0 Å². The summed E-state index contributed by atoms with van der Waals surface area (Å²) in [6.45, 7) is 9.33. The maximum atomic E-state index is 2.42. The van der Waals surface area contributed by atoms with Crippen LogP contribution in [0.15, 0.2) is 11.6 Å². The lowest BCUT2D eigenvalue weighted by molar-refractivity contribution is 0.259. The Balaban J connectivity index is 2.58. The Morgan fingerprint density at radius 2 is 2.09 bits per heavy atom. The molecule has 0 radical (unpaired) electrons. The summed E-state index contributed by atoms with van der Waals surface area (Å²) in [5.74, 6) is 2.69. The first-order valence-corrected chi connectivity index (χ1v) is 4.77. The van der Waals surface area contributed by atoms with E-state index in [1.54, 1.807) is 5.57 Å². The summed E-state index contributed by atoms with van der Waals surface area (Å²) in [5, 5.41) is 0. The predicted octanol–water partition coefficient (Wildman–Crippen LogP) is 3.63. The SMILES string of the molecule is CC1=CC[C@H](C(C)C)[C@@H](C)C1. The van der Waals surface area contributed by atoms with Crippen molar-refractivity contribution in [2.75, 3.05) is 0 Å². The molecule has 11 heavy (non-hydrogen) atoms. The third kappa shape index (κ3) is 2.08. The van der Waals surface area contributed by atoms with Crippen LogP contribution in [0.2, 0.25) is 0 Å². The summed E-state index contributed by atoms with van der Waals surface area (Å²) in [6.07, 6.45) is 5.05. The highest BCUT2D eigenvalue weighted by atomic mass is 14.3. The molecule has 0 fully saturated rings. The summed E-state index contributed by atoms with van der Waals surface area (Å²) in [6, 6.07) is 0. The summed E-state index contributed by atoms with van der Waals surface area (Å²) >= 11 is 0. The highest BCUT2D eigenvalue weighted by Gasteiger charge is 2.22. The summed E-state index contributed by atoms with van der Waals surface area (Å²) in [5.41, 5.74) is 1.59. The molecule has 0 aromatic carbocycles. The minimum atomic E-state index is 0.856. The van der Waals surface area contributed by atoms with Crippen molar-refractivity contribution in [3.8, 4) is 0 Å². The highest BCUT2D eigenvalue weighted by molar-refractivity contribution is 5.05. The van der Waals surface area contributed by atoms with Crippen LogP contribution in [-0.2, 0) is 0 Å². The van der Waals surface area contributed by atoms with E-state index in [1.807, 2.05) is 0 Å². The van der Waals surface area contributed by atoms with Crippen LogP contribution >= 0.6 is 0 Å². The van der Waals surface area contributed by atoms with Gasteiger partial charge in [-0.15, -0.1) is 0 Å². The first-order valence-electron chi connectivity index (χ1n) is 4.77. The molecule has 0 aromatic heterocycles. The lowest BCUT2D eigenvalue weighted by Gasteiger charge is -2.30. The van der Waals surface area contributed by atoms with Gasteiger partial charge < -0.3 is 0 Å². The van der Waals surface area contributed by atoms with Crippen LogP contribution in [0.3, 0.4) is 0 Å². The Labute approximate surface area is 70.7 Å². The standard InChI is InChI=1S/C11H20/c1-8(2)11-6-5-9(3)7-10(11)4/h5,8,10-11H,6-7H2,1-4H3/t10-,11+/m0/s1. The normalized spacial score (nSPS) is 32.3. The average molecular weight is 152 g/mol. The predicted molar refractivity (Wildman–Crippen MR) is 50.5 cm³/mol. The molecule has 0 heteroatoms. The molecular formula is C11H20. The Morgan fingerprint density at radius 1 is 1.45 bits per heavy atom. The smallest absolute Gasteiger partial charge is 0.0294 e. The molecule has 0 bridgehead atoms. The summed E-state index contributed by atoms with van der Waals surface area (Å²) in [4.78, 5) is 0. The maximum absolute atomic E-state index is 2.42. The van der Waals surface area contributed by atoms with E-state index in [1.165, 1.54) is 12.8 Å². The van der Waals surface area contributed by atoms with Crippen LogP contribution in [0.1, 0.15) is 40.5 Å². The third-order valence-corrected chi connectivity index (χ3v) is 2.97. The van der Waals surface area contributed by atoms with Crippen LogP contribution in [0, 0.1) is 17.8 Å². The Morgan fingerprint density at radius 3 is 2.55 bits per heavy atom. The van der Waals surface area contributed by atoms with Gasteiger partial charge in [-0.1, -0.05) is 32.4 Å². The molecule has 0 saturated carbocycles. The second-order valence-electron chi connectivity index (χ2n) is 4.38. The molecule has 0 saturated heterocycles. The lowest BCUT2D eigenvalue weighted by atomic mass is 9.75. The molecule has 1 rings (SSSR count). The van der Waals surface area contributed by atoms with E-state index in [-0.39, 0.29) is 0 Å². The van der Waals surface area contributed by atoms with Crippen molar-refractivity contribution in [2.45, 2.75) is 40.5 Å². The molecule has 2 atom stereocenters. The van der Waals surface area contributed by atoms with E-state index < -0.39 is 0 Å². The van der Waals surface area contributed by atoms with Crippen molar-refractivity contribution in [3.63, 3.8) is 0 Å². The maximum Gasteiger partial charge on any atom is -0.0294 e. The highest BCUT2D eigenvalue weighted by Crippen LogP contribution is 2.33. The van der Waals surface area contributed by atoms with Gasteiger partial charge in [0.1, 0.15) is 0 Å². The van der Waals surface area contributed by atoms with Gasteiger partial charge in [0, 0.05) is 0 Å². The van der Waals surface area contributed by atoms with Gasteiger partial charge in [-0.3, -0.25) is 0 Å². The van der Waals surface area contributed by atoms with Gasteiger partial charge in [0.25, 0.3) is 0 Å². The fourth-order valence-electron chi connectivity index (χ4n) is 2.24. The molecule has 0 N–H and O–H groups in total. The summed E-state index contributed by atoms with van der Waals surface area (Å²) < 4.78 is 0. The minimum absolute atomic E-state index is 0.856. The monoisotopic (exact) mass is 152 g/mol.